The van der Waals surface area contributed by atoms with Crippen molar-refractivity contribution in [3.63, 3.8) is 0 Å². The second-order valence-electron chi connectivity index (χ2n) is 13.1. The third-order valence-corrected chi connectivity index (χ3v) is 13.4. The number of hydrogen-bond donors (Lipinski definition) is 0. The quantitative estimate of drug-likeness (QED) is 0.135. The summed E-state index contributed by atoms with van der Waals surface area (Å²) in [7, 11) is -3.15. The zero-order valence-corrected chi connectivity index (χ0v) is 28.5. The molecule has 0 saturated heterocycles. The Kier molecular flexibility index (Phi) is 6.77. The van der Waals surface area contributed by atoms with Crippen LogP contribution < -0.4 is 15.9 Å². The predicted octanol–water partition coefficient (Wildman–Crippen LogP) is 10.9. The van der Waals surface area contributed by atoms with Gasteiger partial charge in [-0.15, -0.1) is 0 Å². The molecule has 8 aromatic carbocycles. The van der Waals surface area contributed by atoms with Crippen LogP contribution in [0.25, 0.3) is 71.4 Å². The molecule has 0 aliphatic carbocycles. The molecule has 0 N–H and O–H groups in total. The molecule has 0 aliphatic heterocycles. The van der Waals surface area contributed by atoms with Gasteiger partial charge in [0.25, 0.3) is 0 Å². The fourth-order valence-corrected chi connectivity index (χ4v) is 10.7. The van der Waals surface area contributed by atoms with Crippen LogP contribution in [0.1, 0.15) is 0 Å². The third-order valence-electron chi connectivity index (χ3n) is 10.3. The van der Waals surface area contributed by atoms with Crippen LogP contribution in [0, 0.1) is 0 Å². The molecule has 0 aliphatic rings. The van der Waals surface area contributed by atoms with Gasteiger partial charge in [-0.2, -0.15) is 0 Å². The van der Waals surface area contributed by atoms with Gasteiger partial charge in [0.05, 0.1) is 16.6 Å². The van der Waals surface area contributed by atoms with Crippen molar-refractivity contribution in [3.8, 4) is 22.3 Å². The first kappa shape index (κ1) is 29.6. The number of benzene rings is 8. The van der Waals surface area contributed by atoms with E-state index >= 15 is 4.57 Å². The van der Waals surface area contributed by atoms with Gasteiger partial charge in [0, 0.05) is 26.7 Å². The minimum Gasteiger partial charge on any atom is -0.309 e. The molecule has 51 heavy (non-hydrogen) atoms. The van der Waals surface area contributed by atoms with E-state index in [1.165, 1.54) is 10.8 Å². The molecule has 0 radical (unpaired) electrons. The summed E-state index contributed by atoms with van der Waals surface area (Å²) in [6.45, 7) is 0. The number of rotatable bonds is 5. The number of aromatic nitrogens is 2. The highest BCUT2D eigenvalue weighted by Gasteiger charge is 2.31. The van der Waals surface area contributed by atoms with Gasteiger partial charge in [-0.05, 0) is 62.7 Å². The van der Waals surface area contributed by atoms with Gasteiger partial charge >= 0.3 is 0 Å². The molecule has 10 rings (SSSR count). The molecule has 240 valence electrons. The van der Waals surface area contributed by atoms with Crippen LogP contribution in [0.4, 0.5) is 0 Å². The average molecular weight is 671 g/mol. The summed E-state index contributed by atoms with van der Waals surface area (Å²) in [6, 6.07) is 65.0. The normalized spacial score (nSPS) is 12.0. The first-order chi connectivity index (χ1) is 25.2. The molecule has 2 heterocycles. The van der Waals surface area contributed by atoms with Crippen molar-refractivity contribution in [1.29, 1.82) is 0 Å². The summed E-state index contributed by atoms with van der Waals surface area (Å²) in [6.07, 6.45) is 0. The van der Waals surface area contributed by atoms with E-state index in [-0.39, 0.29) is 0 Å². The minimum absolute atomic E-state index is 0.837. The summed E-state index contributed by atoms with van der Waals surface area (Å²) in [5, 5.41) is 8.17. The maximum Gasteiger partial charge on any atom is 0.171 e. The zero-order valence-electron chi connectivity index (χ0n) is 27.6. The van der Waals surface area contributed by atoms with Crippen LogP contribution >= 0.6 is 7.14 Å². The van der Waals surface area contributed by atoms with Gasteiger partial charge in [0.15, 0.2) is 7.14 Å². The van der Waals surface area contributed by atoms with Crippen molar-refractivity contribution >= 4 is 72.2 Å². The standard InChI is InChI=1S/C47H31N2OP/c50-51(35-13-3-1-4-14-35,36-15-5-2-6-16-36)46-24-12-20-38-37(19-11-21-40(38)46)33-27-25-32(26-28-33)34-29-30-44-42(31-34)39-17-7-8-18-41(39)47-48-43-22-9-10-23-45(43)49(44)47/h1-31H. The van der Waals surface area contributed by atoms with Crippen LogP contribution in [0.3, 0.4) is 0 Å². The molecule has 4 heteroatoms. The summed E-state index contributed by atoms with van der Waals surface area (Å²) >= 11 is 0. The lowest BCUT2D eigenvalue weighted by atomic mass is 9.95. The molecule has 0 unspecified atom stereocenters. The van der Waals surface area contributed by atoms with E-state index in [1.807, 2.05) is 78.9 Å². The fraction of sp³-hybridized carbons (Fsp3) is 0. The third kappa shape index (κ3) is 4.59. The Labute approximate surface area is 295 Å². The van der Waals surface area contributed by atoms with Crippen molar-refractivity contribution < 1.29 is 4.57 Å². The molecule has 0 saturated carbocycles. The number of nitrogens with zero attached hydrogens (tertiary/aromatic N) is 2. The summed E-state index contributed by atoms with van der Waals surface area (Å²) < 4.78 is 17.7. The van der Waals surface area contributed by atoms with Crippen LogP contribution in [-0.4, -0.2) is 9.38 Å². The molecular formula is C47H31N2OP. The average Bonchev–Trinajstić information content (AvgIpc) is 3.61. The molecule has 0 atom stereocenters. The van der Waals surface area contributed by atoms with Gasteiger partial charge in [-0.1, -0.05) is 164 Å². The maximum absolute atomic E-state index is 15.4. The molecule has 0 spiro atoms. The van der Waals surface area contributed by atoms with E-state index in [0.717, 1.165) is 76.5 Å². The van der Waals surface area contributed by atoms with E-state index in [0.29, 0.717) is 0 Å². The first-order valence-corrected chi connectivity index (χ1v) is 19.0. The highest BCUT2D eigenvalue weighted by Crippen LogP contribution is 2.45. The Morgan fingerprint density at radius 1 is 0.412 bits per heavy atom. The Bertz CT molecular complexity index is 2940. The van der Waals surface area contributed by atoms with Crippen molar-refractivity contribution in [1.82, 2.24) is 9.38 Å². The SMILES string of the molecule is O=P(c1ccccc1)(c1ccccc1)c1cccc2c(-c3ccc(-c4ccc5c(c4)c4ccccc4c4nc6ccccc6n54)cc3)cccc12. The molecule has 0 fully saturated rings. The molecule has 10 aromatic rings. The zero-order chi connectivity index (χ0) is 33.9. The Morgan fingerprint density at radius 2 is 1.00 bits per heavy atom. The molecule has 0 bridgehead atoms. The summed E-state index contributed by atoms with van der Waals surface area (Å²) in [4.78, 5) is 5.03. The fourth-order valence-electron chi connectivity index (χ4n) is 7.85. The topological polar surface area (TPSA) is 34.4 Å². The van der Waals surface area contributed by atoms with Gasteiger partial charge < -0.3 is 4.57 Å². The van der Waals surface area contributed by atoms with Crippen LogP contribution in [0.5, 0.6) is 0 Å². The molecular weight excluding hydrogens is 640 g/mol. The van der Waals surface area contributed by atoms with Crippen molar-refractivity contribution in [2.45, 2.75) is 0 Å². The Hall–Kier alpha value is -6.28. The molecule has 0 amide bonds. The van der Waals surface area contributed by atoms with E-state index in [9.17, 15) is 0 Å². The Balaban J connectivity index is 1.10. The van der Waals surface area contributed by atoms with Crippen LogP contribution in [0.2, 0.25) is 0 Å². The lowest BCUT2D eigenvalue weighted by Gasteiger charge is -2.22. The van der Waals surface area contributed by atoms with E-state index in [4.69, 9.17) is 4.98 Å². The van der Waals surface area contributed by atoms with Gasteiger partial charge in [0.1, 0.15) is 5.65 Å². The largest absolute Gasteiger partial charge is 0.309 e. The number of para-hydroxylation sites is 2. The van der Waals surface area contributed by atoms with Crippen molar-refractivity contribution in [2.75, 3.05) is 0 Å². The van der Waals surface area contributed by atoms with Crippen molar-refractivity contribution in [3.05, 3.63) is 188 Å². The number of pyridine rings is 1. The lowest BCUT2D eigenvalue weighted by Crippen LogP contribution is -2.25. The highest BCUT2D eigenvalue weighted by molar-refractivity contribution is 7.85. The van der Waals surface area contributed by atoms with Gasteiger partial charge in [-0.3, -0.25) is 4.40 Å². The number of fused-ring (bicyclic) bond motifs is 9. The predicted molar refractivity (Wildman–Crippen MR) is 215 cm³/mol. The van der Waals surface area contributed by atoms with Crippen LogP contribution in [0.15, 0.2) is 188 Å². The van der Waals surface area contributed by atoms with Gasteiger partial charge in [0.2, 0.25) is 0 Å². The van der Waals surface area contributed by atoms with Crippen molar-refractivity contribution in [2.24, 2.45) is 0 Å². The first-order valence-electron chi connectivity index (χ1n) is 17.2. The lowest BCUT2D eigenvalue weighted by molar-refractivity contribution is 0.592. The molecule has 2 aromatic heterocycles. The summed E-state index contributed by atoms with van der Waals surface area (Å²) in [5.41, 5.74) is 8.79. The second-order valence-corrected chi connectivity index (χ2v) is 15.8. The van der Waals surface area contributed by atoms with E-state index in [2.05, 4.69) is 114 Å². The molecule has 3 nitrogen and oxygen atoms in total. The highest BCUT2D eigenvalue weighted by atomic mass is 31.2. The maximum atomic E-state index is 15.4. The Morgan fingerprint density at radius 3 is 1.76 bits per heavy atom. The van der Waals surface area contributed by atoms with E-state index < -0.39 is 7.14 Å². The minimum atomic E-state index is -3.15. The van der Waals surface area contributed by atoms with Crippen LogP contribution in [-0.2, 0) is 4.57 Å². The van der Waals surface area contributed by atoms with Gasteiger partial charge in [-0.25, -0.2) is 4.98 Å². The number of imidazole rings is 1. The smallest absolute Gasteiger partial charge is 0.171 e. The monoisotopic (exact) mass is 670 g/mol. The summed E-state index contributed by atoms with van der Waals surface area (Å²) in [5.74, 6) is 0. The van der Waals surface area contributed by atoms with E-state index in [1.54, 1.807) is 0 Å². The second kappa shape index (κ2) is 11.7. The number of hydrogen-bond acceptors (Lipinski definition) is 2.